The van der Waals surface area contributed by atoms with Crippen molar-refractivity contribution in [2.24, 2.45) is 17.8 Å². The molecule has 102 valence electrons. The zero-order chi connectivity index (χ0) is 13.2. The molecule has 1 N–H and O–H groups in total. The molecular weight excluding hydrogens is 258 g/mol. The van der Waals surface area contributed by atoms with E-state index in [1.165, 1.54) is 25.7 Å². The molecule has 0 spiro atoms. The Hall–Kier alpha value is -1.02. The van der Waals surface area contributed by atoms with Gasteiger partial charge in [0.2, 0.25) is 5.91 Å². The van der Waals surface area contributed by atoms with Crippen molar-refractivity contribution in [3.8, 4) is 0 Å². The van der Waals surface area contributed by atoms with Crippen LogP contribution in [0.1, 0.15) is 37.7 Å². The number of carbonyl (C=O) groups excluding carboxylic acids is 1. The molecule has 1 aromatic carbocycles. The van der Waals surface area contributed by atoms with Crippen LogP contribution < -0.4 is 5.32 Å². The van der Waals surface area contributed by atoms with Crippen LogP contribution in [-0.2, 0) is 11.3 Å². The predicted octanol–water partition coefficient (Wildman–Crippen LogP) is 3.78. The molecule has 2 nitrogen and oxygen atoms in total. The van der Waals surface area contributed by atoms with Gasteiger partial charge < -0.3 is 5.32 Å². The molecule has 0 heterocycles. The van der Waals surface area contributed by atoms with E-state index in [2.05, 4.69) is 5.32 Å². The quantitative estimate of drug-likeness (QED) is 0.891. The van der Waals surface area contributed by atoms with Gasteiger partial charge in [-0.05, 0) is 54.7 Å². The molecule has 0 aromatic heterocycles. The Bertz CT molecular complexity index is 474. The molecule has 0 saturated heterocycles. The minimum Gasteiger partial charge on any atom is -0.352 e. The van der Waals surface area contributed by atoms with Crippen LogP contribution in [0, 0.1) is 17.8 Å². The van der Waals surface area contributed by atoms with Crippen LogP contribution in [-0.4, -0.2) is 5.91 Å². The maximum Gasteiger partial charge on any atom is 0.220 e. The molecule has 3 heteroatoms. The van der Waals surface area contributed by atoms with Crippen LogP contribution in [0.25, 0.3) is 0 Å². The van der Waals surface area contributed by atoms with Crippen LogP contribution in [0.3, 0.4) is 0 Å². The molecule has 2 saturated carbocycles. The van der Waals surface area contributed by atoms with Crippen LogP contribution in [0.5, 0.6) is 0 Å². The molecule has 0 aliphatic heterocycles. The Morgan fingerprint density at radius 1 is 1.32 bits per heavy atom. The Morgan fingerprint density at radius 2 is 2.21 bits per heavy atom. The van der Waals surface area contributed by atoms with E-state index in [1.54, 1.807) is 0 Å². The van der Waals surface area contributed by atoms with E-state index in [4.69, 9.17) is 11.6 Å². The summed E-state index contributed by atoms with van der Waals surface area (Å²) in [7, 11) is 0. The number of benzene rings is 1. The van der Waals surface area contributed by atoms with Gasteiger partial charge in [0.05, 0.1) is 0 Å². The van der Waals surface area contributed by atoms with Crippen LogP contribution in [0.4, 0.5) is 0 Å². The number of carbonyl (C=O) groups is 1. The average Bonchev–Trinajstić information content (AvgIpc) is 2.99. The molecule has 3 rings (SSSR count). The Labute approximate surface area is 119 Å². The maximum atomic E-state index is 12.0. The van der Waals surface area contributed by atoms with Crippen molar-refractivity contribution in [3.05, 3.63) is 34.9 Å². The normalized spacial score (nSPS) is 28.6. The third kappa shape index (κ3) is 3.11. The zero-order valence-corrected chi connectivity index (χ0v) is 11.8. The van der Waals surface area contributed by atoms with Crippen molar-refractivity contribution in [1.29, 1.82) is 0 Å². The maximum absolute atomic E-state index is 12.0. The summed E-state index contributed by atoms with van der Waals surface area (Å²) < 4.78 is 0. The van der Waals surface area contributed by atoms with Gasteiger partial charge in [0, 0.05) is 18.0 Å². The lowest BCUT2D eigenvalue weighted by Gasteiger charge is -2.20. The SMILES string of the molecule is O=C(C[C@@H]1C[C@H]2CC[C@@H]1C2)NCc1cccc(Cl)c1. The van der Waals surface area contributed by atoms with Gasteiger partial charge >= 0.3 is 0 Å². The first-order valence-corrected chi connectivity index (χ1v) is 7.59. The van der Waals surface area contributed by atoms with E-state index in [9.17, 15) is 4.79 Å². The standard InChI is InChI=1S/C16H20ClNO/c17-15-3-1-2-12(8-15)10-18-16(19)9-14-7-11-4-5-13(14)6-11/h1-3,8,11,13-14H,4-7,9-10H2,(H,18,19)/t11-,13+,14-/m0/s1. The molecule has 1 amide bonds. The highest BCUT2D eigenvalue weighted by molar-refractivity contribution is 6.30. The lowest BCUT2D eigenvalue weighted by molar-refractivity contribution is -0.122. The third-order valence-electron chi connectivity index (χ3n) is 4.71. The van der Waals surface area contributed by atoms with Gasteiger partial charge in [-0.1, -0.05) is 30.2 Å². The minimum atomic E-state index is 0.192. The van der Waals surface area contributed by atoms with Crippen molar-refractivity contribution in [3.63, 3.8) is 0 Å². The van der Waals surface area contributed by atoms with Gasteiger partial charge in [0.15, 0.2) is 0 Å². The zero-order valence-electron chi connectivity index (χ0n) is 11.1. The van der Waals surface area contributed by atoms with Gasteiger partial charge in [0.25, 0.3) is 0 Å². The van der Waals surface area contributed by atoms with Gasteiger partial charge in [-0.15, -0.1) is 0 Å². The fourth-order valence-corrected chi connectivity index (χ4v) is 4.00. The summed E-state index contributed by atoms with van der Waals surface area (Å²) in [4.78, 5) is 12.0. The second-order valence-corrected chi connectivity index (χ2v) is 6.48. The first-order chi connectivity index (χ1) is 9.20. The molecule has 0 unspecified atom stereocenters. The highest BCUT2D eigenvalue weighted by atomic mass is 35.5. The number of halogens is 1. The largest absolute Gasteiger partial charge is 0.352 e. The molecule has 2 aliphatic carbocycles. The fraction of sp³-hybridized carbons (Fsp3) is 0.562. The molecule has 0 radical (unpaired) electrons. The van der Waals surface area contributed by atoms with E-state index in [1.807, 2.05) is 24.3 Å². The minimum absolute atomic E-state index is 0.192. The van der Waals surface area contributed by atoms with Crippen molar-refractivity contribution in [1.82, 2.24) is 5.32 Å². The van der Waals surface area contributed by atoms with Gasteiger partial charge in [0.1, 0.15) is 0 Å². The fourth-order valence-electron chi connectivity index (χ4n) is 3.78. The molecule has 3 atom stereocenters. The highest BCUT2D eigenvalue weighted by Gasteiger charge is 2.39. The van der Waals surface area contributed by atoms with Crippen molar-refractivity contribution in [2.75, 3.05) is 0 Å². The van der Waals surface area contributed by atoms with Crippen LogP contribution >= 0.6 is 11.6 Å². The Balaban J connectivity index is 1.47. The van der Waals surface area contributed by atoms with Crippen LogP contribution in [0.15, 0.2) is 24.3 Å². The van der Waals surface area contributed by atoms with Crippen molar-refractivity contribution in [2.45, 2.75) is 38.6 Å². The van der Waals surface area contributed by atoms with E-state index in [0.717, 1.165) is 22.4 Å². The lowest BCUT2D eigenvalue weighted by Crippen LogP contribution is -2.26. The Morgan fingerprint density at radius 3 is 2.89 bits per heavy atom. The van der Waals surface area contributed by atoms with Crippen LogP contribution in [0.2, 0.25) is 5.02 Å². The summed E-state index contributed by atoms with van der Waals surface area (Å²) in [6.45, 7) is 0.584. The van der Waals surface area contributed by atoms with Crippen molar-refractivity contribution < 1.29 is 4.79 Å². The number of hydrogen-bond donors (Lipinski definition) is 1. The lowest BCUT2D eigenvalue weighted by atomic mass is 9.86. The average molecular weight is 278 g/mol. The second-order valence-electron chi connectivity index (χ2n) is 6.05. The number of amides is 1. The first-order valence-electron chi connectivity index (χ1n) is 7.22. The van der Waals surface area contributed by atoms with E-state index >= 15 is 0 Å². The van der Waals surface area contributed by atoms with Crippen molar-refractivity contribution >= 4 is 17.5 Å². The molecular formula is C16H20ClNO. The summed E-state index contributed by atoms with van der Waals surface area (Å²) in [6.07, 6.45) is 6.09. The van der Waals surface area contributed by atoms with Gasteiger partial charge in [-0.25, -0.2) is 0 Å². The van der Waals surface area contributed by atoms with E-state index in [-0.39, 0.29) is 5.91 Å². The first kappa shape index (κ1) is 13.0. The number of hydrogen-bond acceptors (Lipinski definition) is 1. The summed E-state index contributed by atoms with van der Waals surface area (Å²) in [5.74, 6) is 2.56. The highest BCUT2D eigenvalue weighted by Crippen LogP contribution is 2.49. The molecule has 1 aromatic rings. The summed E-state index contributed by atoms with van der Waals surface area (Å²) in [6, 6.07) is 7.66. The predicted molar refractivity (Wildman–Crippen MR) is 76.9 cm³/mol. The van der Waals surface area contributed by atoms with E-state index < -0.39 is 0 Å². The molecule has 2 fully saturated rings. The summed E-state index contributed by atoms with van der Waals surface area (Å²) in [5.41, 5.74) is 1.06. The second kappa shape index (κ2) is 5.54. The number of fused-ring (bicyclic) bond motifs is 2. The van der Waals surface area contributed by atoms with Gasteiger partial charge in [-0.2, -0.15) is 0 Å². The summed E-state index contributed by atoms with van der Waals surface area (Å²) in [5, 5.41) is 3.74. The van der Waals surface area contributed by atoms with Gasteiger partial charge in [-0.3, -0.25) is 4.79 Å². The molecule has 19 heavy (non-hydrogen) atoms. The number of rotatable bonds is 4. The number of nitrogens with one attached hydrogen (secondary N) is 1. The topological polar surface area (TPSA) is 29.1 Å². The van der Waals surface area contributed by atoms with E-state index in [0.29, 0.717) is 18.9 Å². The molecule has 2 aliphatic rings. The monoisotopic (exact) mass is 277 g/mol. The molecule has 2 bridgehead atoms. The smallest absolute Gasteiger partial charge is 0.220 e. The summed E-state index contributed by atoms with van der Waals surface area (Å²) >= 11 is 5.93. The third-order valence-corrected chi connectivity index (χ3v) is 4.95. The Kier molecular flexibility index (Phi) is 3.79.